The molecule has 8 N–H and O–H groups in total. The van der Waals surface area contributed by atoms with Gasteiger partial charge in [0.2, 0.25) is 18.1 Å². The number of nitriles is 1. The lowest BCUT2D eigenvalue weighted by molar-refractivity contribution is 0.463. The molecule has 0 unspecified atom stereocenters. The van der Waals surface area contributed by atoms with Crippen LogP contribution in [0, 0.1) is 11.5 Å². The molecule has 0 rings (SSSR count). The zero-order valence-electron chi connectivity index (χ0n) is 5.60. The second-order valence-corrected chi connectivity index (χ2v) is 1.44. The molecule has 0 heterocycles. The van der Waals surface area contributed by atoms with Crippen LogP contribution in [0.1, 0.15) is 0 Å². The van der Waals surface area contributed by atoms with Crippen molar-refractivity contribution in [3.63, 3.8) is 0 Å². The Balaban J connectivity index is 4.28. The Morgan fingerprint density at radius 2 is 1.91 bits per heavy atom. The first kappa shape index (κ1) is 8.99. The van der Waals surface area contributed by atoms with Crippen molar-refractivity contribution in [2.75, 3.05) is 0 Å². The number of nitrogens with two attached hydrogens (primary N) is 4. The predicted molar refractivity (Wildman–Crippen MR) is 39.1 cm³/mol. The maximum Gasteiger partial charge on any atom is 0.243 e. The summed E-state index contributed by atoms with van der Waals surface area (Å²) in [6, 6.07) is 0. The van der Waals surface area contributed by atoms with Gasteiger partial charge in [0.1, 0.15) is 0 Å². The van der Waals surface area contributed by atoms with Crippen LogP contribution in [0.4, 0.5) is 0 Å². The van der Waals surface area contributed by atoms with E-state index >= 15 is 0 Å². The highest BCUT2D eigenvalue weighted by Crippen LogP contribution is 1.76. The second-order valence-electron chi connectivity index (χ2n) is 1.44. The molecule has 0 aliphatic carbocycles. The Kier molecular flexibility index (Phi) is 3.20. The fourth-order valence-corrected chi connectivity index (χ4v) is 0.278. The number of aliphatic imine (C=N–C) groups is 1. The van der Waals surface area contributed by atoms with Crippen molar-refractivity contribution >= 4 is 11.9 Å². The highest BCUT2D eigenvalue weighted by atomic mass is 15.7. The van der Waals surface area contributed by atoms with E-state index in [4.69, 9.17) is 28.3 Å². The Labute approximate surface area is 62.7 Å². The number of rotatable bonds is 1. The lowest BCUT2D eigenvalue weighted by Crippen LogP contribution is -2.41. The van der Waals surface area contributed by atoms with Gasteiger partial charge in [0.25, 0.3) is 0 Å². The molecule has 0 radical (unpaired) electrons. The largest absolute Gasteiger partial charge is 0.369 e. The zero-order valence-corrected chi connectivity index (χ0v) is 5.60. The average Bonchev–Trinajstić information content (AvgIpc) is 1.86. The normalized spacial score (nSPS) is 10.0. The Morgan fingerprint density at radius 3 is 2.27 bits per heavy atom. The van der Waals surface area contributed by atoms with E-state index in [0.29, 0.717) is 5.12 Å². The van der Waals surface area contributed by atoms with Crippen LogP contribution in [0.3, 0.4) is 0 Å². The van der Waals surface area contributed by atoms with Crippen molar-refractivity contribution in [1.82, 2.24) is 5.12 Å². The van der Waals surface area contributed by atoms with E-state index in [9.17, 15) is 0 Å². The molecule has 0 spiro atoms. The molecule has 0 saturated heterocycles. The van der Waals surface area contributed by atoms with Crippen LogP contribution in [0.25, 0.3) is 0 Å². The van der Waals surface area contributed by atoms with Gasteiger partial charge in [-0.2, -0.15) is 10.4 Å². The molecule has 0 amide bonds. The van der Waals surface area contributed by atoms with Crippen molar-refractivity contribution in [3.05, 3.63) is 0 Å². The van der Waals surface area contributed by atoms with E-state index in [2.05, 4.69) is 10.1 Å². The van der Waals surface area contributed by atoms with E-state index in [1.54, 1.807) is 0 Å². The summed E-state index contributed by atoms with van der Waals surface area (Å²) in [4.78, 5) is 3.06. The van der Waals surface area contributed by atoms with E-state index in [0.717, 1.165) is 0 Å². The van der Waals surface area contributed by atoms with Crippen LogP contribution < -0.4 is 23.0 Å². The van der Waals surface area contributed by atoms with Gasteiger partial charge in [-0.25, -0.2) is 5.84 Å². The van der Waals surface area contributed by atoms with Crippen LogP contribution in [-0.4, -0.2) is 17.0 Å². The second kappa shape index (κ2) is 3.91. The number of hydrazone groups is 1. The summed E-state index contributed by atoms with van der Waals surface area (Å²) in [5.74, 6) is 4.52. The monoisotopic (exact) mass is 156 g/mol. The van der Waals surface area contributed by atoms with Crippen molar-refractivity contribution in [1.29, 1.82) is 5.26 Å². The highest BCUT2D eigenvalue weighted by molar-refractivity contribution is 5.81. The Bertz CT molecular complexity index is 216. The number of hydrogen-bond acceptors (Lipinski definition) is 4. The van der Waals surface area contributed by atoms with Crippen LogP contribution in [0.2, 0.25) is 0 Å². The summed E-state index contributed by atoms with van der Waals surface area (Å²) < 4.78 is 0. The molecule has 8 nitrogen and oxygen atoms in total. The van der Waals surface area contributed by atoms with Gasteiger partial charge in [0.05, 0.1) is 0 Å². The topological polar surface area (TPSA) is 156 Å². The minimum atomic E-state index is -0.291. The van der Waals surface area contributed by atoms with Gasteiger partial charge >= 0.3 is 0 Å². The van der Waals surface area contributed by atoms with Gasteiger partial charge < -0.3 is 17.2 Å². The van der Waals surface area contributed by atoms with Crippen LogP contribution in [-0.2, 0) is 0 Å². The molecule has 60 valence electrons. The minimum absolute atomic E-state index is 0.274. The molecule has 0 saturated carbocycles. The van der Waals surface area contributed by atoms with Gasteiger partial charge in [0, 0.05) is 0 Å². The predicted octanol–water partition coefficient (Wildman–Crippen LogP) is -2.85. The molecule has 0 aromatic rings. The molecule has 0 atom stereocenters. The fraction of sp³-hybridized carbons (Fsp3) is 0. The third-order valence-corrected chi connectivity index (χ3v) is 0.622. The lowest BCUT2D eigenvalue weighted by atomic mass is 11.0. The van der Waals surface area contributed by atoms with E-state index in [1.807, 2.05) is 0 Å². The standard InChI is InChI=1S/C3H8N8/c4-1-9-3(7)11(8)10-2(5)6/h8H2,(H2,7,9)(H4,5,6,10). The zero-order chi connectivity index (χ0) is 8.85. The molecule has 0 aromatic heterocycles. The lowest BCUT2D eigenvalue weighted by Gasteiger charge is -2.08. The van der Waals surface area contributed by atoms with E-state index in [1.165, 1.54) is 6.19 Å². The van der Waals surface area contributed by atoms with Gasteiger partial charge in [-0.3, -0.25) is 0 Å². The fourth-order valence-electron chi connectivity index (χ4n) is 0.278. The number of hydrogen-bond donors (Lipinski definition) is 4. The molecule has 0 fully saturated rings. The summed E-state index contributed by atoms with van der Waals surface area (Å²) in [6.45, 7) is 0. The first-order chi connectivity index (χ1) is 5.07. The van der Waals surface area contributed by atoms with E-state index < -0.39 is 0 Å². The summed E-state index contributed by atoms with van der Waals surface area (Å²) in [6.07, 6.45) is 1.41. The Hall–Kier alpha value is -2.01. The third kappa shape index (κ3) is 3.55. The summed E-state index contributed by atoms with van der Waals surface area (Å²) in [5, 5.41) is 11.9. The van der Waals surface area contributed by atoms with Crippen molar-refractivity contribution in [2.45, 2.75) is 0 Å². The first-order valence-electron chi connectivity index (χ1n) is 2.44. The SMILES string of the molecule is N#CN=C(N)N(N)N=C(N)N. The molecule has 0 aliphatic heterocycles. The van der Waals surface area contributed by atoms with Gasteiger partial charge in [-0.05, 0) is 0 Å². The summed E-state index contributed by atoms with van der Waals surface area (Å²) >= 11 is 0. The van der Waals surface area contributed by atoms with Crippen molar-refractivity contribution in [3.8, 4) is 6.19 Å². The van der Waals surface area contributed by atoms with Gasteiger partial charge in [0.15, 0.2) is 0 Å². The maximum absolute atomic E-state index is 8.01. The number of hydrazine groups is 1. The molecule has 11 heavy (non-hydrogen) atoms. The smallest absolute Gasteiger partial charge is 0.243 e. The molecular weight excluding hydrogens is 148 g/mol. The maximum atomic E-state index is 8.01. The molecule has 0 aromatic carbocycles. The van der Waals surface area contributed by atoms with E-state index in [-0.39, 0.29) is 11.9 Å². The Morgan fingerprint density at radius 1 is 1.36 bits per heavy atom. The van der Waals surface area contributed by atoms with Gasteiger partial charge in [-0.1, -0.05) is 0 Å². The summed E-state index contributed by atoms with van der Waals surface area (Å²) in [5.41, 5.74) is 15.0. The summed E-state index contributed by atoms with van der Waals surface area (Å²) in [7, 11) is 0. The highest BCUT2D eigenvalue weighted by Gasteiger charge is 1.98. The van der Waals surface area contributed by atoms with Crippen molar-refractivity contribution in [2.24, 2.45) is 33.1 Å². The first-order valence-corrected chi connectivity index (χ1v) is 2.44. The molecule has 8 heteroatoms. The molecular formula is C3H8N8. The number of guanidine groups is 2. The van der Waals surface area contributed by atoms with Crippen LogP contribution in [0.15, 0.2) is 10.1 Å². The van der Waals surface area contributed by atoms with Gasteiger partial charge in [-0.15, -0.1) is 10.1 Å². The molecule has 0 bridgehead atoms. The minimum Gasteiger partial charge on any atom is -0.369 e. The quantitative estimate of drug-likeness (QED) is 0.105. The molecule has 0 aliphatic rings. The third-order valence-electron chi connectivity index (χ3n) is 0.622. The van der Waals surface area contributed by atoms with Crippen molar-refractivity contribution < 1.29 is 0 Å². The number of nitrogens with zero attached hydrogens (tertiary/aromatic N) is 4. The van der Waals surface area contributed by atoms with Crippen LogP contribution >= 0.6 is 0 Å². The van der Waals surface area contributed by atoms with Crippen LogP contribution in [0.5, 0.6) is 0 Å². The average molecular weight is 156 g/mol.